The average molecular weight is 228 g/mol. The number of benzene rings is 1. The van der Waals surface area contributed by atoms with Crippen LogP contribution in [0.3, 0.4) is 0 Å². The van der Waals surface area contributed by atoms with Gasteiger partial charge in [-0.3, -0.25) is 0 Å². The molecule has 0 aliphatic carbocycles. The summed E-state index contributed by atoms with van der Waals surface area (Å²) in [5.41, 5.74) is 1.29. The van der Waals surface area contributed by atoms with Gasteiger partial charge in [-0.25, -0.2) is 0 Å². The van der Waals surface area contributed by atoms with Gasteiger partial charge in [0.05, 0.1) is 0 Å². The van der Waals surface area contributed by atoms with Crippen molar-refractivity contribution in [3.63, 3.8) is 0 Å². The van der Waals surface area contributed by atoms with Crippen molar-refractivity contribution in [2.45, 2.75) is 13.8 Å². The maximum atomic E-state index is 3.46. The molecule has 0 saturated heterocycles. The smallest absolute Gasteiger partial charge is 0.0377 e. The standard InChI is InChI=1S/C10H14BrN/c1-3-12(4-2)10-7-5-6-9(11)8-10/h5-8H,3-4H2,1-2H3. The predicted molar refractivity (Wildman–Crippen MR) is 57.7 cm³/mol. The molecule has 1 rings (SSSR count). The monoisotopic (exact) mass is 227 g/mol. The Morgan fingerprint density at radius 1 is 1.25 bits per heavy atom. The van der Waals surface area contributed by atoms with Gasteiger partial charge >= 0.3 is 0 Å². The summed E-state index contributed by atoms with van der Waals surface area (Å²) < 4.78 is 1.15. The molecule has 1 aromatic rings. The fourth-order valence-corrected chi connectivity index (χ4v) is 1.65. The third-order valence-corrected chi connectivity index (χ3v) is 2.43. The summed E-state index contributed by atoms with van der Waals surface area (Å²) in [6, 6.07) is 8.40. The first kappa shape index (κ1) is 9.59. The van der Waals surface area contributed by atoms with Gasteiger partial charge in [0, 0.05) is 23.2 Å². The van der Waals surface area contributed by atoms with Gasteiger partial charge in [-0.1, -0.05) is 22.0 Å². The maximum absolute atomic E-state index is 3.46. The van der Waals surface area contributed by atoms with Crippen LogP contribution in [0, 0.1) is 0 Å². The molecule has 0 aromatic heterocycles. The van der Waals surface area contributed by atoms with E-state index >= 15 is 0 Å². The van der Waals surface area contributed by atoms with Gasteiger partial charge in [-0.05, 0) is 32.0 Å². The van der Waals surface area contributed by atoms with Crippen molar-refractivity contribution < 1.29 is 0 Å². The zero-order valence-electron chi connectivity index (χ0n) is 7.55. The summed E-state index contributed by atoms with van der Waals surface area (Å²) in [6.07, 6.45) is 0. The van der Waals surface area contributed by atoms with E-state index in [2.05, 4.69) is 52.9 Å². The lowest BCUT2D eigenvalue weighted by Gasteiger charge is -2.20. The van der Waals surface area contributed by atoms with E-state index in [9.17, 15) is 0 Å². The zero-order valence-corrected chi connectivity index (χ0v) is 9.13. The van der Waals surface area contributed by atoms with Crippen molar-refractivity contribution in [1.29, 1.82) is 0 Å². The zero-order chi connectivity index (χ0) is 8.97. The van der Waals surface area contributed by atoms with Crippen LogP contribution in [0.5, 0.6) is 0 Å². The van der Waals surface area contributed by atoms with E-state index in [0.29, 0.717) is 0 Å². The van der Waals surface area contributed by atoms with Crippen LogP contribution in [0.25, 0.3) is 0 Å². The fourth-order valence-electron chi connectivity index (χ4n) is 1.26. The third kappa shape index (κ3) is 2.24. The molecule has 0 aliphatic heterocycles. The van der Waals surface area contributed by atoms with Crippen LogP contribution in [0.2, 0.25) is 0 Å². The van der Waals surface area contributed by atoms with E-state index in [1.54, 1.807) is 0 Å². The molecule has 0 aliphatic rings. The molecule has 1 aromatic carbocycles. The SMILES string of the molecule is CCN(CC)c1cccc(Br)c1. The summed E-state index contributed by atoms with van der Waals surface area (Å²) in [5, 5.41) is 0. The topological polar surface area (TPSA) is 3.24 Å². The fraction of sp³-hybridized carbons (Fsp3) is 0.400. The van der Waals surface area contributed by atoms with Crippen molar-refractivity contribution in [1.82, 2.24) is 0 Å². The largest absolute Gasteiger partial charge is 0.372 e. The minimum Gasteiger partial charge on any atom is -0.372 e. The van der Waals surface area contributed by atoms with Gasteiger partial charge in [0.2, 0.25) is 0 Å². The highest BCUT2D eigenvalue weighted by Crippen LogP contribution is 2.19. The van der Waals surface area contributed by atoms with E-state index in [-0.39, 0.29) is 0 Å². The molecule has 0 saturated carbocycles. The first-order chi connectivity index (χ1) is 5.77. The number of anilines is 1. The molecular formula is C10H14BrN. The molecule has 0 radical (unpaired) electrons. The van der Waals surface area contributed by atoms with Crippen LogP contribution in [-0.4, -0.2) is 13.1 Å². The number of hydrogen-bond donors (Lipinski definition) is 0. The van der Waals surface area contributed by atoms with E-state index < -0.39 is 0 Å². The van der Waals surface area contributed by atoms with Crippen LogP contribution in [0.4, 0.5) is 5.69 Å². The van der Waals surface area contributed by atoms with E-state index in [1.165, 1.54) is 5.69 Å². The van der Waals surface area contributed by atoms with Crippen LogP contribution in [0.15, 0.2) is 28.7 Å². The molecule has 0 bridgehead atoms. The van der Waals surface area contributed by atoms with Crippen molar-refractivity contribution >= 4 is 21.6 Å². The molecule has 0 N–H and O–H groups in total. The van der Waals surface area contributed by atoms with E-state index in [0.717, 1.165) is 17.6 Å². The Labute approximate surface area is 82.5 Å². The highest BCUT2D eigenvalue weighted by atomic mass is 79.9. The van der Waals surface area contributed by atoms with Gasteiger partial charge < -0.3 is 4.90 Å². The Morgan fingerprint density at radius 2 is 1.92 bits per heavy atom. The quantitative estimate of drug-likeness (QED) is 0.767. The maximum Gasteiger partial charge on any atom is 0.0377 e. The van der Waals surface area contributed by atoms with Gasteiger partial charge in [0.15, 0.2) is 0 Å². The predicted octanol–water partition coefficient (Wildman–Crippen LogP) is 3.30. The van der Waals surface area contributed by atoms with Crippen LogP contribution in [-0.2, 0) is 0 Å². The molecule has 1 nitrogen and oxygen atoms in total. The Balaban J connectivity index is 2.85. The van der Waals surface area contributed by atoms with Gasteiger partial charge in [0.25, 0.3) is 0 Å². The molecule has 0 unspecified atom stereocenters. The lowest BCUT2D eigenvalue weighted by molar-refractivity contribution is 0.866. The third-order valence-electron chi connectivity index (χ3n) is 1.94. The summed E-state index contributed by atoms with van der Waals surface area (Å²) in [6.45, 7) is 6.47. The number of nitrogens with zero attached hydrogens (tertiary/aromatic N) is 1. The van der Waals surface area contributed by atoms with Crippen LogP contribution < -0.4 is 4.90 Å². The molecular weight excluding hydrogens is 214 g/mol. The molecule has 0 fully saturated rings. The normalized spacial score (nSPS) is 9.92. The number of hydrogen-bond acceptors (Lipinski definition) is 1. The minimum atomic E-state index is 1.06. The average Bonchev–Trinajstić information content (AvgIpc) is 2.07. The van der Waals surface area contributed by atoms with Crippen molar-refractivity contribution in [2.75, 3.05) is 18.0 Å². The van der Waals surface area contributed by atoms with Gasteiger partial charge in [-0.2, -0.15) is 0 Å². The highest BCUT2D eigenvalue weighted by Gasteiger charge is 2.00. The van der Waals surface area contributed by atoms with Crippen molar-refractivity contribution in [2.24, 2.45) is 0 Å². The Kier molecular flexibility index (Phi) is 3.60. The first-order valence-electron chi connectivity index (χ1n) is 4.28. The molecule has 66 valence electrons. The highest BCUT2D eigenvalue weighted by molar-refractivity contribution is 9.10. The Morgan fingerprint density at radius 3 is 2.42 bits per heavy atom. The molecule has 0 spiro atoms. The van der Waals surface area contributed by atoms with Crippen molar-refractivity contribution in [3.05, 3.63) is 28.7 Å². The molecule has 0 heterocycles. The number of halogens is 1. The van der Waals surface area contributed by atoms with Gasteiger partial charge in [0.1, 0.15) is 0 Å². The summed E-state index contributed by atoms with van der Waals surface area (Å²) in [4.78, 5) is 2.32. The second-order valence-electron chi connectivity index (χ2n) is 2.65. The number of rotatable bonds is 3. The summed E-state index contributed by atoms with van der Waals surface area (Å²) >= 11 is 3.46. The second kappa shape index (κ2) is 4.51. The van der Waals surface area contributed by atoms with Crippen LogP contribution in [0.1, 0.15) is 13.8 Å². The molecule has 0 amide bonds. The Bertz CT molecular complexity index is 243. The first-order valence-corrected chi connectivity index (χ1v) is 5.07. The molecule has 2 heteroatoms. The van der Waals surface area contributed by atoms with Crippen molar-refractivity contribution in [3.8, 4) is 0 Å². The lowest BCUT2D eigenvalue weighted by Crippen LogP contribution is -2.21. The van der Waals surface area contributed by atoms with E-state index in [4.69, 9.17) is 0 Å². The molecule has 12 heavy (non-hydrogen) atoms. The second-order valence-corrected chi connectivity index (χ2v) is 3.57. The van der Waals surface area contributed by atoms with Crippen LogP contribution >= 0.6 is 15.9 Å². The minimum absolute atomic E-state index is 1.06. The molecule has 0 atom stereocenters. The lowest BCUT2D eigenvalue weighted by atomic mass is 10.3. The summed E-state index contributed by atoms with van der Waals surface area (Å²) in [5.74, 6) is 0. The Hall–Kier alpha value is -0.500. The van der Waals surface area contributed by atoms with E-state index in [1.807, 2.05) is 6.07 Å². The van der Waals surface area contributed by atoms with Gasteiger partial charge in [-0.15, -0.1) is 0 Å². The summed E-state index contributed by atoms with van der Waals surface area (Å²) in [7, 11) is 0.